The highest BCUT2D eigenvalue weighted by atomic mass is 19.4. The van der Waals surface area contributed by atoms with Gasteiger partial charge >= 0.3 is 12.4 Å². The van der Waals surface area contributed by atoms with E-state index in [1.54, 1.807) is 12.3 Å². The number of nitrogens with zero attached hydrogens (tertiary/aromatic N) is 2. The Morgan fingerprint density at radius 1 is 0.767 bits per heavy atom. The van der Waals surface area contributed by atoms with Crippen LogP contribution in [0.3, 0.4) is 0 Å². The standard InChI is InChI=1S/C20H12F6N4/c21-19(22,23)13-5-12(6-14(8-13)20(24,25)26)17-9-18(29-10-28-17)30-15-1-2-16-11(7-15)3-4-27-16/h1-10,27H,(H,28,29,30). The summed E-state index contributed by atoms with van der Waals surface area (Å²) in [5.74, 6) is 0.223. The van der Waals surface area contributed by atoms with Crippen LogP contribution in [0.25, 0.3) is 22.2 Å². The van der Waals surface area contributed by atoms with E-state index in [0.717, 1.165) is 17.2 Å². The molecule has 0 aliphatic carbocycles. The number of anilines is 2. The van der Waals surface area contributed by atoms with Gasteiger partial charge in [-0.15, -0.1) is 0 Å². The number of H-pyrrole nitrogens is 1. The van der Waals surface area contributed by atoms with Crippen LogP contribution in [0.1, 0.15) is 11.1 Å². The lowest BCUT2D eigenvalue weighted by atomic mass is 10.0. The molecule has 2 heterocycles. The van der Waals surface area contributed by atoms with E-state index in [-0.39, 0.29) is 23.1 Å². The van der Waals surface area contributed by atoms with E-state index in [2.05, 4.69) is 20.3 Å². The van der Waals surface area contributed by atoms with Gasteiger partial charge in [0.1, 0.15) is 12.1 Å². The van der Waals surface area contributed by atoms with E-state index >= 15 is 0 Å². The van der Waals surface area contributed by atoms with E-state index in [1.165, 1.54) is 6.07 Å². The minimum atomic E-state index is -4.93. The Labute approximate surface area is 165 Å². The Morgan fingerprint density at radius 2 is 1.47 bits per heavy atom. The topological polar surface area (TPSA) is 53.6 Å². The molecule has 4 aromatic rings. The summed E-state index contributed by atoms with van der Waals surface area (Å²) in [6, 6.07) is 9.88. The second-order valence-corrected chi connectivity index (χ2v) is 6.49. The fourth-order valence-corrected chi connectivity index (χ4v) is 2.97. The largest absolute Gasteiger partial charge is 0.416 e. The van der Waals surface area contributed by atoms with Gasteiger partial charge in [0.2, 0.25) is 0 Å². The average Bonchev–Trinajstić information content (AvgIpc) is 3.14. The van der Waals surface area contributed by atoms with Crippen LogP contribution in [0.15, 0.2) is 61.1 Å². The van der Waals surface area contributed by atoms with Crippen LogP contribution in [-0.4, -0.2) is 15.0 Å². The third-order valence-corrected chi connectivity index (χ3v) is 4.38. The van der Waals surface area contributed by atoms with Gasteiger partial charge in [0.25, 0.3) is 0 Å². The minimum absolute atomic E-state index is 0.0770. The number of hydrogen-bond donors (Lipinski definition) is 2. The summed E-state index contributed by atoms with van der Waals surface area (Å²) >= 11 is 0. The van der Waals surface area contributed by atoms with Crippen molar-refractivity contribution in [3.8, 4) is 11.3 Å². The smallest absolute Gasteiger partial charge is 0.361 e. The summed E-state index contributed by atoms with van der Waals surface area (Å²) in [5, 5.41) is 3.89. The lowest BCUT2D eigenvalue weighted by Crippen LogP contribution is -2.11. The van der Waals surface area contributed by atoms with Gasteiger partial charge in [-0.3, -0.25) is 0 Å². The van der Waals surface area contributed by atoms with E-state index in [4.69, 9.17) is 0 Å². The SMILES string of the molecule is FC(F)(F)c1cc(-c2cc(Nc3ccc4[nH]ccc4c3)ncn2)cc(C(F)(F)F)c1. The van der Waals surface area contributed by atoms with Crippen molar-refractivity contribution in [3.05, 3.63) is 72.2 Å². The molecule has 0 saturated heterocycles. The van der Waals surface area contributed by atoms with Crippen LogP contribution in [0.5, 0.6) is 0 Å². The maximum Gasteiger partial charge on any atom is 0.416 e. The molecule has 0 aliphatic heterocycles. The summed E-state index contributed by atoms with van der Waals surface area (Å²) in [6.07, 6.45) is -7.03. The Kier molecular flexibility index (Phi) is 4.64. The molecule has 30 heavy (non-hydrogen) atoms. The van der Waals surface area contributed by atoms with Gasteiger partial charge in [-0.05, 0) is 42.5 Å². The van der Waals surface area contributed by atoms with Crippen LogP contribution in [0.2, 0.25) is 0 Å². The molecule has 2 aromatic heterocycles. The van der Waals surface area contributed by atoms with Crippen molar-refractivity contribution in [1.82, 2.24) is 15.0 Å². The van der Waals surface area contributed by atoms with Crippen molar-refractivity contribution in [2.24, 2.45) is 0 Å². The number of aromatic nitrogens is 3. The van der Waals surface area contributed by atoms with Gasteiger partial charge < -0.3 is 10.3 Å². The Balaban J connectivity index is 1.72. The van der Waals surface area contributed by atoms with Gasteiger partial charge in [-0.2, -0.15) is 26.3 Å². The maximum atomic E-state index is 13.1. The molecule has 0 amide bonds. The molecule has 154 valence electrons. The number of alkyl halides is 6. The summed E-state index contributed by atoms with van der Waals surface area (Å²) in [7, 11) is 0. The molecule has 10 heteroatoms. The number of hydrogen-bond acceptors (Lipinski definition) is 3. The molecule has 0 fully saturated rings. The molecule has 2 N–H and O–H groups in total. The van der Waals surface area contributed by atoms with Crippen molar-refractivity contribution < 1.29 is 26.3 Å². The molecular formula is C20H12F6N4. The molecule has 4 nitrogen and oxygen atoms in total. The highest BCUT2D eigenvalue weighted by Gasteiger charge is 2.37. The first kappa shape index (κ1) is 19.7. The quantitative estimate of drug-likeness (QED) is 0.376. The lowest BCUT2D eigenvalue weighted by Gasteiger charge is -2.14. The van der Waals surface area contributed by atoms with Crippen molar-refractivity contribution in [2.75, 3.05) is 5.32 Å². The van der Waals surface area contributed by atoms with E-state index in [9.17, 15) is 26.3 Å². The third kappa shape index (κ3) is 4.07. The van der Waals surface area contributed by atoms with Gasteiger partial charge in [0, 0.05) is 34.4 Å². The van der Waals surface area contributed by atoms with E-state index < -0.39 is 23.5 Å². The first-order valence-corrected chi connectivity index (χ1v) is 8.56. The van der Waals surface area contributed by atoms with Crippen molar-refractivity contribution >= 4 is 22.4 Å². The number of rotatable bonds is 3. The van der Waals surface area contributed by atoms with E-state index in [1.807, 2.05) is 18.2 Å². The summed E-state index contributed by atoms with van der Waals surface area (Å²) in [6.45, 7) is 0. The maximum absolute atomic E-state index is 13.1. The van der Waals surface area contributed by atoms with Gasteiger partial charge in [0.05, 0.1) is 16.8 Å². The minimum Gasteiger partial charge on any atom is -0.361 e. The van der Waals surface area contributed by atoms with Crippen LogP contribution in [0.4, 0.5) is 37.8 Å². The molecule has 2 aromatic carbocycles. The van der Waals surface area contributed by atoms with E-state index in [0.29, 0.717) is 17.8 Å². The van der Waals surface area contributed by atoms with Gasteiger partial charge in [-0.1, -0.05) is 0 Å². The first-order chi connectivity index (χ1) is 14.1. The zero-order valence-corrected chi connectivity index (χ0v) is 14.9. The summed E-state index contributed by atoms with van der Waals surface area (Å²) in [5.41, 5.74) is -1.65. The number of benzene rings is 2. The number of halogens is 6. The molecular weight excluding hydrogens is 410 g/mol. The normalized spacial score (nSPS) is 12.3. The van der Waals surface area contributed by atoms with Crippen molar-refractivity contribution in [1.29, 1.82) is 0 Å². The molecule has 0 radical (unpaired) electrons. The first-order valence-electron chi connectivity index (χ1n) is 8.56. The van der Waals surface area contributed by atoms with Crippen LogP contribution in [0, 0.1) is 0 Å². The highest BCUT2D eigenvalue weighted by Crippen LogP contribution is 2.38. The monoisotopic (exact) mass is 422 g/mol. The van der Waals surface area contributed by atoms with Crippen LogP contribution >= 0.6 is 0 Å². The fourth-order valence-electron chi connectivity index (χ4n) is 2.97. The van der Waals surface area contributed by atoms with Crippen molar-refractivity contribution in [3.63, 3.8) is 0 Å². The molecule has 0 atom stereocenters. The van der Waals surface area contributed by atoms with Crippen molar-refractivity contribution in [2.45, 2.75) is 12.4 Å². The number of aromatic amines is 1. The van der Waals surface area contributed by atoms with Crippen LogP contribution < -0.4 is 5.32 Å². The molecule has 0 unspecified atom stereocenters. The number of fused-ring (bicyclic) bond motifs is 1. The lowest BCUT2D eigenvalue weighted by molar-refractivity contribution is -0.143. The Bertz CT molecular complexity index is 1180. The second kappa shape index (κ2) is 7.05. The Hall–Kier alpha value is -3.56. The molecule has 0 bridgehead atoms. The summed E-state index contributed by atoms with van der Waals surface area (Å²) in [4.78, 5) is 10.9. The zero-order chi connectivity index (χ0) is 21.5. The predicted octanol–water partition coefficient (Wildman–Crippen LogP) is 6.41. The predicted molar refractivity (Wildman–Crippen MR) is 99.1 cm³/mol. The third-order valence-electron chi connectivity index (χ3n) is 4.38. The zero-order valence-electron chi connectivity index (χ0n) is 14.9. The van der Waals surface area contributed by atoms with Crippen LogP contribution in [-0.2, 0) is 12.4 Å². The number of nitrogens with one attached hydrogen (secondary N) is 2. The summed E-state index contributed by atoms with van der Waals surface area (Å²) < 4.78 is 78.6. The molecule has 4 rings (SSSR count). The second-order valence-electron chi connectivity index (χ2n) is 6.49. The molecule has 0 aliphatic rings. The molecule has 0 saturated carbocycles. The molecule has 0 spiro atoms. The highest BCUT2D eigenvalue weighted by molar-refractivity contribution is 5.84. The fraction of sp³-hybridized carbons (Fsp3) is 0.100. The average molecular weight is 422 g/mol. The Morgan fingerprint density at radius 3 is 2.13 bits per heavy atom. The van der Waals surface area contributed by atoms with Gasteiger partial charge in [0.15, 0.2) is 0 Å². The van der Waals surface area contributed by atoms with Gasteiger partial charge in [-0.25, -0.2) is 9.97 Å².